The Kier molecular flexibility index (Phi) is 4.20. The van der Waals surface area contributed by atoms with Crippen LogP contribution >= 0.6 is 0 Å². The molecule has 0 bridgehead atoms. The Morgan fingerprint density at radius 2 is 2.15 bits per heavy atom. The maximum absolute atomic E-state index is 13.7. The number of likely N-dealkylation sites (tertiary alicyclic amines) is 1. The van der Waals surface area contributed by atoms with Crippen LogP contribution in [0.4, 0.5) is 18.4 Å². The highest BCUT2D eigenvalue weighted by Crippen LogP contribution is 2.53. The number of nitrogens with one attached hydrogen (secondary N) is 1. The van der Waals surface area contributed by atoms with E-state index >= 15 is 0 Å². The number of carbonyl (C=O) groups is 2. The standard InChI is InChI=1S/C18H20F2N2O4.H2/c19-13-2-1-12(15(20)4-13)3-11-5-18(6-11)9-22(10-18)17(24)26-8-14-7-25-16(23)21-14;/h1-2,4,11,14H,3,5-10H2,(H,21,23);1H/t14-;/m0./s1. The van der Waals surface area contributed by atoms with Gasteiger partial charge in [-0.2, -0.15) is 0 Å². The molecule has 4 rings (SSSR count). The van der Waals surface area contributed by atoms with E-state index in [1.54, 1.807) is 4.90 Å². The van der Waals surface area contributed by atoms with Gasteiger partial charge in [-0.25, -0.2) is 18.4 Å². The first-order chi connectivity index (χ1) is 12.4. The third kappa shape index (κ3) is 3.32. The Morgan fingerprint density at radius 3 is 2.81 bits per heavy atom. The lowest BCUT2D eigenvalue weighted by Gasteiger charge is -2.58. The lowest BCUT2D eigenvalue weighted by molar-refractivity contribution is -0.0849. The molecule has 1 saturated carbocycles. The fraction of sp³-hybridized carbons (Fsp3) is 0.556. The summed E-state index contributed by atoms with van der Waals surface area (Å²) in [7, 11) is 0. The summed E-state index contributed by atoms with van der Waals surface area (Å²) in [6, 6.07) is 3.42. The summed E-state index contributed by atoms with van der Waals surface area (Å²) in [6.45, 7) is 1.59. The van der Waals surface area contributed by atoms with Gasteiger partial charge in [0.05, 0.1) is 0 Å². The molecule has 142 valence electrons. The number of rotatable bonds is 4. The Hall–Kier alpha value is -2.38. The van der Waals surface area contributed by atoms with E-state index in [-0.39, 0.29) is 32.2 Å². The Labute approximate surface area is 150 Å². The second-order valence-electron chi connectivity index (χ2n) is 7.59. The predicted molar refractivity (Wildman–Crippen MR) is 88.5 cm³/mol. The van der Waals surface area contributed by atoms with Crippen molar-refractivity contribution in [1.29, 1.82) is 0 Å². The number of ether oxygens (including phenoxy) is 2. The van der Waals surface area contributed by atoms with Crippen LogP contribution < -0.4 is 5.32 Å². The second-order valence-corrected chi connectivity index (χ2v) is 7.59. The van der Waals surface area contributed by atoms with Crippen molar-refractivity contribution in [3.05, 3.63) is 35.4 Å². The third-order valence-corrected chi connectivity index (χ3v) is 5.42. The minimum atomic E-state index is -0.562. The summed E-state index contributed by atoms with van der Waals surface area (Å²) in [5.41, 5.74) is 0.660. The third-order valence-electron chi connectivity index (χ3n) is 5.42. The fourth-order valence-electron chi connectivity index (χ4n) is 4.24. The summed E-state index contributed by atoms with van der Waals surface area (Å²) < 4.78 is 36.6. The second kappa shape index (κ2) is 6.41. The van der Waals surface area contributed by atoms with E-state index in [1.165, 1.54) is 12.1 Å². The normalized spacial score (nSPS) is 23.8. The molecule has 0 aromatic heterocycles. The van der Waals surface area contributed by atoms with Gasteiger partial charge in [-0.15, -0.1) is 0 Å². The van der Waals surface area contributed by atoms with Crippen LogP contribution in [-0.4, -0.2) is 49.4 Å². The van der Waals surface area contributed by atoms with E-state index in [1.807, 2.05) is 0 Å². The van der Waals surface area contributed by atoms with Gasteiger partial charge in [0.15, 0.2) is 0 Å². The van der Waals surface area contributed by atoms with Gasteiger partial charge in [0.2, 0.25) is 0 Å². The Balaban J connectivity index is 0.00000210. The molecule has 2 amide bonds. The molecule has 2 aliphatic heterocycles. The van der Waals surface area contributed by atoms with Crippen LogP contribution in [0.2, 0.25) is 0 Å². The molecule has 3 aliphatic rings. The summed E-state index contributed by atoms with van der Waals surface area (Å²) in [5.74, 6) is -0.695. The zero-order valence-electron chi connectivity index (χ0n) is 14.2. The molecule has 1 atom stereocenters. The maximum Gasteiger partial charge on any atom is 0.409 e. The largest absolute Gasteiger partial charge is 0.447 e. The molecule has 26 heavy (non-hydrogen) atoms. The average Bonchev–Trinajstić information content (AvgIpc) is 2.93. The first-order valence-corrected chi connectivity index (χ1v) is 8.71. The molecule has 1 aliphatic carbocycles. The highest BCUT2D eigenvalue weighted by Gasteiger charge is 2.53. The maximum atomic E-state index is 13.7. The molecule has 2 saturated heterocycles. The molecule has 8 heteroatoms. The lowest BCUT2D eigenvalue weighted by Crippen LogP contribution is -2.64. The number of alkyl carbamates (subject to hydrolysis) is 1. The lowest BCUT2D eigenvalue weighted by atomic mass is 9.56. The number of hydrogen-bond donors (Lipinski definition) is 1. The van der Waals surface area contributed by atoms with Crippen LogP contribution in [0.15, 0.2) is 18.2 Å². The number of halogens is 2. The van der Waals surface area contributed by atoms with Crippen LogP contribution in [0.25, 0.3) is 0 Å². The van der Waals surface area contributed by atoms with Gasteiger partial charge in [0.1, 0.15) is 30.9 Å². The van der Waals surface area contributed by atoms with E-state index in [0.29, 0.717) is 31.0 Å². The summed E-state index contributed by atoms with van der Waals surface area (Å²) in [5, 5.41) is 2.55. The van der Waals surface area contributed by atoms with Crippen LogP contribution in [-0.2, 0) is 15.9 Å². The number of hydrogen-bond acceptors (Lipinski definition) is 4. The topological polar surface area (TPSA) is 67.9 Å². The van der Waals surface area contributed by atoms with Gasteiger partial charge in [-0.3, -0.25) is 0 Å². The van der Waals surface area contributed by atoms with Crippen LogP contribution in [0.3, 0.4) is 0 Å². The molecule has 1 spiro atoms. The minimum absolute atomic E-state index is 0. The molecular weight excluding hydrogens is 346 g/mol. The van der Waals surface area contributed by atoms with Gasteiger partial charge >= 0.3 is 12.2 Å². The zero-order chi connectivity index (χ0) is 18.3. The van der Waals surface area contributed by atoms with E-state index in [4.69, 9.17) is 9.47 Å². The molecule has 0 radical (unpaired) electrons. The zero-order valence-corrected chi connectivity index (χ0v) is 14.2. The molecule has 1 aromatic rings. The SMILES string of the molecule is O=C1N[C@H](COC(=O)N2CC3(CC(Cc4ccc(F)cc4F)C3)C2)CO1.[HH]. The van der Waals surface area contributed by atoms with Gasteiger partial charge in [-0.05, 0) is 36.8 Å². The van der Waals surface area contributed by atoms with Crippen molar-refractivity contribution >= 4 is 12.2 Å². The summed E-state index contributed by atoms with van der Waals surface area (Å²) >= 11 is 0. The fourth-order valence-corrected chi connectivity index (χ4v) is 4.24. The van der Waals surface area contributed by atoms with Crippen molar-refractivity contribution in [1.82, 2.24) is 10.2 Å². The molecular formula is C18H22F2N2O4. The van der Waals surface area contributed by atoms with Crippen LogP contribution in [0, 0.1) is 23.0 Å². The van der Waals surface area contributed by atoms with E-state index in [9.17, 15) is 18.4 Å². The number of nitrogens with zero attached hydrogens (tertiary/aromatic N) is 1. The van der Waals surface area contributed by atoms with E-state index in [0.717, 1.165) is 18.9 Å². The number of carbonyl (C=O) groups excluding carboxylic acids is 2. The van der Waals surface area contributed by atoms with Crippen molar-refractivity contribution in [3.8, 4) is 0 Å². The highest BCUT2D eigenvalue weighted by atomic mass is 19.1. The smallest absolute Gasteiger partial charge is 0.409 e. The quantitative estimate of drug-likeness (QED) is 0.887. The van der Waals surface area contributed by atoms with Crippen molar-refractivity contribution in [2.75, 3.05) is 26.3 Å². The molecule has 3 fully saturated rings. The van der Waals surface area contributed by atoms with Gasteiger partial charge in [-0.1, -0.05) is 6.07 Å². The summed E-state index contributed by atoms with van der Waals surface area (Å²) in [4.78, 5) is 24.6. The highest BCUT2D eigenvalue weighted by molar-refractivity contribution is 5.70. The number of amides is 2. The van der Waals surface area contributed by atoms with E-state index < -0.39 is 17.7 Å². The Morgan fingerprint density at radius 1 is 1.38 bits per heavy atom. The van der Waals surface area contributed by atoms with Gasteiger partial charge in [0, 0.05) is 26.0 Å². The van der Waals surface area contributed by atoms with Gasteiger partial charge < -0.3 is 19.7 Å². The van der Waals surface area contributed by atoms with Crippen LogP contribution in [0.5, 0.6) is 0 Å². The van der Waals surface area contributed by atoms with Crippen molar-refractivity contribution < 1.29 is 29.3 Å². The predicted octanol–water partition coefficient (Wildman–Crippen LogP) is 2.71. The van der Waals surface area contributed by atoms with Crippen molar-refractivity contribution in [2.24, 2.45) is 11.3 Å². The molecule has 2 heterocycles. The minimum Gasteiger partial charge on any atom is -0.447 e. The molecule has 0 unspecified atom stereocenters. The van der Waals surface area contributed by atoms with Crippen LogP contribution in [0.1, 0.15) is 19.8 Å². The number of benzene rings is 1. The first kappa shape index (κ1) is 17.1. The van der Waals surface area contributed by atoms with Gasteiger partial charge in [0.25, 0.3) is 0 Å². The Bertz CT molecular complexity index is 734. The molecule has 6 nitrogen and oxygen atoms in total. The monoisotopic (exact) mass is 368 g/mol. The molecule has 1 aromatic carbocycles. The average molecular weight is 368 g/mol. The first-order valence-electron chi connectivity index (χ1n) is 8.71. The van der Waals surface area contributed by atoms with E-state index in [2.05, 4.69) is 5.32 Å². The number of cyclic esters (lactones) is 1. The summed E-state index contributed by atoms with van der Waals surface area (Å²) in [6.07, 6.45) is 1.58. The van der Waals surface area contributed by atoms with Crippen molar-refractivity contribution in [2.45, 2.75) is 25.3 Å². The molecule has 1 N–H and O–H groups in total. The van der Waals surface area contributed by atoms with Crippen molar-refractivity contribution in [3.63, 3.8) is 0 Å².